The topological polar surface area (TPSA) is 69.6 Å². The number of nitrogens with zero attached hydrogens (tertiary/aromatic N) is 1. The summed E-state index contributed by atoms with van der Waals surface area (Å²) in [5.74, 6) is -0.845. The smallest absolute Gasteiger partial charge is 0.303 e. The van der Waals surface area contributed by atoms with Gasteiger partial charge in [0.15, 0.2) is 0 Å². The predicted octanol–water partition coefficient (Wildman–Crippen LogP) is 1.72. The van der Waals surface area contributed by atoms with Gasteiger partial charge in [-0.15, -0.1) is 11.3 Å². The Morgan fingerprint density at radius 2 is 2.26 bits per heavy atom. The fourth-order valence-electron chi connectivity index (χ4n) is 1.72. The summed E-state index contributed by atoms with van der Waals surface area (Å²) in [6, 6.07) is 3.97. The zero-order valence-corrected chi connectivity index (χ0v) is 12.1. The lowest BCUT2D eigenvalue weighted by atomic mass is 10.2. The molecule has 1 atom stereocenters. The van der Waals surface area contributed by atoms with E-state index in [4.69, 9.17) is 5.11 Å². The maximum Gasteiger partial charge on any atom is 0.303 e. The van der Waals surface area contributed by atoms with Crippen LogP contribution in [-0.4, -0.2) is 42.0 Å². The summed E-state index contributed by atoms with van der Waals surface area (Å²) >= 11 is 1.62. The molecule has 106 valence electrons. The quantitative estimate of drug-likeness (QED) is 0.762. The predicted molar refractivity (Wildman–Crippen MR) is 75.2 cm³/mol. The SMILES string of the molecule is CC(NC(=O)CN(C)CCCC(=O)O)c1cccs1. The number of aliphatic carboxylic acids is 1. The number of carbonyl (C=O) groups excluding carboxylic acids is 1. The van der Waals surface area contributed by atoms with E-state index in [-0.39, 0.29) is 24.9 Å². The van der Waals surface area contributed by atoms with Gasteiger partial charge < -0.3 is 10.4 Å². The first-order chi connectivity index (χ1) is 8.99. The summed E-state index contributed by atoms with van der Waals surface area (Å²) in [6.45, 7) is 2.84. The number of likely N-dealkylation sites (N-methyl/N-ethyl adjacent to an activating group) is 1. The molecule has 5 nitrogen and oxygen atoms in total. The molecule has 1 amide bonds. The first kappa shape index (κ1) is 15.7. The minimum atomic E-state index is -0.802. The molecule has 1 rings (SSSR count). The molecule has 0 aliphatic carbocycles. The van der Waals surface area contributed by atoms with E-state index in [9.17, 15) is 9.59 Å². The molecular weight excluding hydrogens is 264 g/mol. The minimum Gasteiger partial charge on any atom is -0.481 e. The highest BCUT2D eigenvalue weighted by molar-refractivity contribution is 7.10. The lowest BCUT2D eigenvalue weighted by Gasteiger charge is -2.18. The molecule has 2 N–H and O–H groups in total. The van der Waals surface area contributed by atoms with Crippen LogP contribution >= 0.6 is 11.3 Å². The van der Waals surface area contributed by atoms with E-state index in [2.05, 4.69) is 5.32 Å². The van der Waals surface area contributed by atoms with Crippen LogP contribution < -0.4 is 5.32 Å². The van der Waals surface area contributed by atoms with Crippen LogP contribution in [0.15, 0.2) is 17.5 Å². The molecule has 1 aromatic rings. The molecule has 1 heterocycles. The van der Waals surface area contributed by atoms with Crippen molar-refractivity contribution in [1.29, 1.82) is 0 Å². The van der Waals surface area contributed by atoms with Crippen LogP contribution in [0.1, 0.15) is 30.7 Å². The molecule has 0 bridgehead atoms. The van der Waals surface area contributed by atoms with Gasteiger partial charge >= 0.3 is 5.97 Å². The fraction of sp³-hybridized carbons (Fsp3) is 0.538. The summed E-state index contributed by atoms with van der Waals surface area (Å²) in [5.41, 5.74) is 0. The lowest BCUT2D eigenvalue weighted by Crippen LogP contribution is -2.36. The number of carbonyl (C=O) groups is 2. The molecule has 0 aliphatic rings. The Hall–Kier alpha value is -1.40. The van der Waals surface area contributed by atoms with Crippen LogP contribution in [0.5, 0.6) is 0 Å². The van der Waals surface area contributed by atoms with Gasteiger partial charge in [0.05, 0.1) is 12.6 Å². The van der Waals surface area contributed by atoms with Gasteiger partial charge in [-0.3, -0.25) is 14.5 Å². The summed E-state index contributed by atoms with van der Waals surface area (Å²) < 4.78 is 0. The van der Waals surface area contributed by atoms with Gasteiger partial charge in [0, 0.05) is 11.3 Å². The highest BCUT2D eigenvalue weighted by Crippen LogP contribution is 2.17. The highest BCUT2D eigenvalue weighted by atomic mass is 32.1. The van der Waals surface area contributed by atoms with E-state index in [0.717, 1.165) is 4.88 Å². The Bertz CT molecular complexity index is 406. The fourth-order valence-corrected chi connectivity index (χ4v) is 2.45. The average molecular weight is 284 g/mol. The largest absolute Gasteiger partial charge is 0.481 e. The second-order valence-corrected chi connectivity index (χ2v) is 5.52. The Kier molecular flexibility index (Phi) is 6.52. The average Bonchev–Trinajstić information content (AvgIpc) is 2.81. The zero-order chi connectivity index (χ0) is 14.3. The van der Waals surface area contributed by atoms with Gasteiger partial charge in [0.1, 0.15) is 0 Å². The molecule has 0 fully saturated rings. The molecule has 0 saturated carbocycles. The summed E-state index contributed by atoms with van der Waals surface area (Å²) in [5, 5.41) is 13.4. The van der Waals surface area contributed by atoms with Crippen LogP contribution in [0.4, 0.5) is 0 Å². The number of hydrogen-bond acceptors (Lipinski definition) is 4. The van der Waals surface area contributed by atoms with Crippen molar-refractivity contribution in [3.8, 4) is 0 Å². The Balaban J connectivity index is 2.24. The maximum atomic E-state index is 11.8. The van der Waals surface area contributed by atoms with Gasteiger partial charge in [-0.05, 0) is 38.4 Å². The number of amides is 1. The van der Waals surface area contributed by atoms with Crippen molar-refractivity contribution >= 4 is 23.2 Å². The van der Waals surface area contributed by atoms with Gasteiger partial charge in [0.2, 0.25) is 5.91 Å². The van der Waals surface area contributed by atoms with Gasteiger partial charge in [-0.25, -0.2) is 0 Å². The second kappa shape index (κ2) is 7.91. The lowest BCUT2D eigenvalue weighted by molar-refractivity contribution is -0.137. The number of hydrogen-bond donors (Lipinski definition) is 2. The number of rotatable bonds is 8. The molecule has 0 aromatic carbocycles. The van der Waals surface area contributed by atoms with E-state index >= 15 is 0 Å². The van der Waals surface area contributed by atoms with E-state index in [1.807, 2.05) is 36.4 Å². The van der Waals surface area contributed by atoms with Crippen molar-refractivity contribution in [2.75, 3.05) is 20.1 Å². The summed E-state index contributed by atoms with van der Waals surface area (Å²) in [6.07, 6.45) is 0.692. The molecule has 6 heteroatoms. The number of carboxylic acid groups (broad SMARTS) is 1. The van der Waals surface area contributed by atoms with Crippen LogP contribution in [0.2, 0.25) is 0 Å². The summed E-state index contributed by atoms with van der Waals surface area (Å²) in [4.78, 5) is 25.1. The first-order valence-electron chi connectivity index (χ1n) is 6.22. The molecule has 0 radical (unpaired) electrons. The first-order valence-corrected chi connectivity index (χ1v) is 7.10. The molecule has 0 spiro atoms. The van der Waals surface area contributed by atoms with Crippen LogP contribution in [0, 0.1) is 0 Å². The Labute approximate surface area is 117 Å². The van der Waals surface area contributed by atoms with Crippen molar-refractivity contribution in [1.82, 2.24) is 10.2 Å². The van der Waals surface area contributed by atoms with Crippen molar-refractivity contribution in [3.63, 3.8) is 0 Å². The standard InChI is InChI=1S/C13H20N2O3S/c1-10(11-5-4-8-19-11)14-12(16)9-15(2)7-3-6-13(17)18/h4-5,8,10H,3,6-7,9H2,1-2H3,(H,14,16)(H,17,18). The number of nitrogens with one attached hydrogen (secondary N) is 1. The normalized spacial score (nSPS) is 12.4. The molecule has 0 aliphatic heterocycles. The van der Waals surface area contributed by atoms with E-state index in [0.29, 0.717) is 13.0 Å². The van der Waals surface area contributed by atoms with Crippen LogP contribution in [0.25, 0.3) is 0 Å². The maximum absolute atomic E-state index is 11.8. The number of carboxylic acids is 1. The third-order valence-electron chi connectivity index (χ3n) is 2.69. The molecule has 1 unspecified atom stereocenters. The highest BCUT2D eigenvalue weighted by Gasteiger charge is 2.12. The molecule has 0 saturated heterocycles. The monoisotopic (exact) mass is 284 g/mol. The van der Waals surface area contributed by atoms with Gasteiger partial charge in [-0.2, -0.15) is 0 Å². The van der Waals surface area contributed by atoms with Crippen LogP contribution in [0.3, 0.4) is 0 Å². The Morgan fingerprint density at radius 1 is 1.53 bits per heavy atom. The van der Waals surface area contributed by atoms with Gasteiger partial charge in [0.25, 0.3) is 0 Å². The third-order valence-corrected chi connectivity index (χ3v) is 3.75. The second-order valence-electron chi connectivity index (χ2n) is 4.54. The van der Waals surface area contributed by atoms with Crippen LogP contribution in [-0.2, 0) is 9.59 Å². The summed E-state index contributed by atoms with van der Waals surface area (Å²) in [7, 11) is 1.82. The van der Waals surface area contributed by atoms with Gasteiger partial charge in [-0.1, -0.05) is 6.07 Å². The van der Waals surface area contributed by atoms with Crippen molar-refractivity contribution in [3.05, 3.63) is 22.4 Å². The molecule has 1 aromatic heterocycles. The van der Waals surface area contributed by atoms with E-state index in [1.165, 1.54) is 0 Å². The van der Waals surface area contributed by atoms with E-state index in [1.54, 1.807) is 11.3 Å². The van der Waals surface area contributed by atoms with Crippen molar-refractivity contribution in [2.24, 2.45) is 0 Å². The molecular formula is C13H20N2O3S. The van der Waals surface area contributed by atoms with E-state index < -0.39 is 5.97 Å². The number of thiophene rings is 1. The van der Waals surface area contributed by atoms with Crippen molar-refractivity contribution < 1.29 is 14.7 Å². The van der Waals surface area contributed by atoms with Crippen molar-refractivity contribution in [2.45, 2.75) is 25.8 Å². The zero-order valence-electron chi connectivity index (χ0n) is 11.3. The Morgan fingerprint density at radius 3 is 2.84 bits per heavy atom. The minimum absolute atomic E-state index is 0.0138. The molecule has 19 heavy (non-hydrogen) atoms. The third kappa shape index (κ3) is 6.35.